The maximum Gasteiger partial charge on any atom is 0.315 e. The fourth-order valence-electron chi connectivity index (χ4n) is 4.26. The molecule has 176 valence electrons. The zero-order valence-electron chi connectivity index (χ0n) is 19.4. The van der Waals surface area contributed by atoms with Crippen molar-refractivity contribution in [1.29, 1.82) is 0 Å². The van der Waals surface area contributed by atoms with Crippen molar-refractivity contribution in [3.8, 4) is 0 Å². The summed E-state index contributed by atoms with van der Waals surface area (Å²) in [7, 11) is -7.67. The van der Waals surface area contributed by atoms with E-state index >= 15 is 0 Å². The Bertz CT molecular complexity index is 477. The van der Waals surface area contributed by atoms with Crippen LogP contribution in [0.3, 0.4) is 0 Å². The lowest BCUT2D eigenvalue weighted by molar-refractivity contribution is 0.108. The van der Waals surface area contributed by atoms with Crippen molar-refractivity contribution in [2.24, 2.45) is 5.92 Å². The van der Waals surface area contributed by atoms with Crippen molar-refractivity contribution in [2.45, 2.75) is 103 Å². The maximum absolute atomic E-state index is 8.00. The Morgan fingerprint density at radius 1 is 0.724 bits per heavy atom. The van der Waals surface area contributed by atoms with Crippen molar-refractivity contribution < 1.29 is 35.4 Å². The standard InChI is InChI=1S/C17H40O4Si4.2F2/c1-22(2,3)19-24(7,8)21-25(9,20-23(4,5)6)13-12-15-10-11-16-17(14-15)18-16;2*1-2/h15-17H,10-14H2,1-9H3;;. The molecule has 1 saturated carbocycles. The second-order valence-electron chi connectivity index (χ2n) is 10.5. The molecule has 0 bridgehead atoms. The van der Waals surface area contributed by atoms with Crippen LogP contribution in [0.4, 0.5) is 18.3 Å². The molecule has 1 aliphatic carbocycles. The van der Waals surface area contributed by atoms with Crippen LogP contribution in [-0.2, 0) is 17.1 Å². The molecule has 2 rings (SSSR count). The number of ether oxygens (including phenoxy) is 1. The molecule has 0 N–H and O–H groups in total. The molecule has 12 heteroatoms. The van der Waals surface area contributed by atoms with Crippen molar-refractivity contribution >= 4 is 33.8 Å². The van der Waals surface area contributed by atoms with Crippen LogP contribution in [0.5, 0.6) is 0 Å². The normalized spacial score (nSPS) is 26.2. The Labute approximate surface area is 178 Å². The second kappa shape index (κ2) is 11.9. The third kappa shape index (κ3) is 12.8. The number of hydrogen-bond donors (Lipinski definition) is 0. The molecule has 0 aromatic heterocycles. The van der Waals surface area contributed by atoms with Gasteiger partial charge in [-0.2, -0.15) is 0 Å². The van der Waals surface area contributed by atoms with E-state index in [1.807, 2.05) is 0 Å². The van der Waals surface area contributed by atoms with Gasteiger partial charge in [0.05, 0.1) is 12.2 Å². The van der Waals surface area contributed by atoms with Gasteiger partial charge in [-0.25, -0.2) is 0 Å². The van der Waals surface area contributed by atoms with E-state index in [9.17, 15) is 0 Å². The number of halogens is 4. The van der Waals surface area contributed by atoms with Crippen LogP contribution in [-0.4, -0.2) is 46.0 Å². The molecule has 4 nitrogen and oxygen atoms in total. The second-order valence-corrected chi connectivity index (χ2v) is 27.0. The number of fused-ring (bicyclic) bond motifs is 1. The highest BCUT2D eigenvalue weighted by Gasteiger charge is 2.47. The average Bonchev–Trinajstić information content (AvgIpc) is 3.30. The van der Waals surface area contributed by atoms with Gasteiger partial charge in [-0.05, 0) is 96.6 Å². The molecular formula is C17H40F4O4Si4. The third-order valence-corrected chi connectivity index (χ3v) is 18.1. The van der Waals surface area contributed by atoms with Gasteiger partial charge in [0.25, 0.3) is 0 Å². The van der Waals surface area contributed by atoms with E-state index in [1.165, 1.54) is 25.7 Å². The first kappa shape index (κ1) is 29.4. The van der Waals surface area contributed by atoms with Gasteiger partial charge in [0.1, 0.15) is 0 Å². The first-order valence-corrected chi connectivity index (χ1v) is 22.4. The van der Waals surface area contributed by atoms with E-state index in [0.29, 0.717) is 12.2 Å². The van der Waals surface area contributed by atoms with E-state index < -0.39 is 33.8 Å². The molecule has 1 heterocycles. The van der Waals surface area contributed by atoms with Gasteiger partial charge in [-0.15, -0.1) is 0 Å². The third-order valence-electron chi connectivity index (χ3n) is 4.66. The number of epoxide rings is 1. The van der Waals surface area contributed by atoms with Crippen LogP contribution < -0.4 is 0 Å². The smallest absolute Gasteiger partial charge is 0.315 e. The van der Waals surface area contributed by atoms with Crippen LogP contribution in [0.1, 0.15) is 25.7 Å². The van der Waals surface area contributed by atoms with Crippen LogP contribution in [0, 0.1) is 5.92 Å². The fraction of sp³-hybridized carbons (Fsp3) is 1.00. The highest BCUT2D eigenvalue weighted by Crippen LogP contribution is 2.42. The summed E-state index contributed by atoms with van der Waals surface area (Å²) in [5.74, 6) is 0.784. The largest absolute Gasteiger partial charge is 0.437 e. The first-order chi connectivity index (χ1) is 13.2. The molecule has 0 spiro atoms. The summed E-state index contributed by atoms with van der Waals surface area (Å²) in [6.07, 6.45) is 6.18. The highest BCUT2D eigenvalue weighted by atomic mass is 28.5. The number of hydrogen-bond acceptors (Lipinski definition) is 4. The minimum atomic E-state index is -2.23. The van der Waals surface area contributed by atoms with E-state index in [4.69, 9.17) is 35.4 Å². The van der Waals surface area contributed by atoms with E-state index in [2.05, 4.69) is 58.9 Å². The summed E-state index contributed by atoms with van der Waals surface area (Å²) in [4.78, 5) is 0. The SMILES string of the molecule is C[Si](C)(C)O[Si](C)(C)O[Si](C)(CCC1CCC2OC2C1)O[Si](C)(C)C.FF.FF. The molecular weight excluding hydrogens is 457 g/mol. The van der Waals surface area contributed by atoms with Gasteiger partial charge in [0.15, 0.2) is 16.6 Å². The quantitative estimate of drug-likeness (QED) is 0.194. The van der Waals surface area contributed by atoms with Gasteiger partial charge >= 0.3 is 17.1 Å². The van der Waals surface area contributed by atoms with Crippen LogP contribution in [0.15, 0.2) is 0 Å². The Morgan fingerprint density at radius 3 is 1.69 bits per heavy atom. The van der Waals surface area contributed by atoms with E-state index in [0.717, 1.165) is 12.0 Å². The maximum atomic E-state index is 8.00. The molecule has 1 saturated heterocycles. The minimum absolute atomic E-state index is 0.562. The predicted molar refractivity (Wildman–Crippen MR) is 119 cm³/mol. The van der Waals surface area contributed by atoms with Gasteiger partial charge < -0.3 is 17.1 Å². The van der Waals surface area contributed by atoms with Crippen LogP contribution >= 0.6 is 0 Å². The number of rotatable bonds is 9. The summed E-state index contributed by atoms with van der Waals surface area (Å²) < 4.78 is 57.6. The molecule has 0 radical (unpaired) electrons. The topological polar surface area (TPSA) is 40.2 Å². The van der Waals surface area contributed by atoms with Gasteiger partial charge in [-0.3, -0.25) is 0 Å². The van der Waals surface area contributed by atoms with Crippen molar-refractivity contribution in [2.75, 3.05) is 0 Å². The molecule has 1 aliphatic heterocycles. The Kier molecular flexibility index (Phi) is 12.1. The minimum Gasteiger partial charge on any atom is -0.437 e. The molecule has 2 aliphatic rings. The lowest BCUT2D eigenvalue weighted by atomic mass is 9.88. The van der Waals surface area contributed by atoms with Crippen LogP contribution in [0.25, 0.3) is 0 Å². The predicted octanol–water partition coefficient (Wildman–Crippen LogP) is 7.12. The molecule has 0 aromatic rings. The summed E-state index contributed by atoms with van der Waals surface area (Å²) in [6, 6.07) is 1.09. The van der Waals surface area contributed by atoms with Crippen molar-refractivity contribution in [3.05, 3.63) is 0 Å². The zero-order chi connectivity index (χ0) is 23.1. The Morgan fingerprint density at radius 2 is 1.24 bits per heavy atom. The summed E-state index contributed by atoms with van der Waals surface area (Å²) in [6.45, 7) is 20.3. The summed E-state index contributed by atoms with van der Waals surface area (Å²) in [5, 5.41) is 0. The zero-order valence-corrected chi connectivity index (χ0v) is 23.4. The first-order valence-electron chi connectivity index (χ1n) is 10.2. The van der Waals surface area contributed by atoms with Crippen LogP contribution in [0.2, 0.25) is 65.0 Å². The highest BCUT2D eigenvalue weighted by molar-refractivity contribution is 6.89. The van der Waals surface area contributed by atoms with Gasteiger partial charge in [-0.1, -0.05) is 0 Å². The lowest BCUT2D eigenvalue weighted by Crippen LogP contribution is -2.56. The molecule has 29 heavy (non-hydrogen) atoms. The molecule has 4 unspecified atom stereocenters. The lowest BCUT2D eigenvalue weighted by Gasteiger charge is -2.41. The summed E-state index contributed by atoms with van der Waals surface area (Å²) >= 11 is 0. The molecule has 4 atom stereocenters. The monoisotopic (exact) mass is 496 g/mol. The van der Waals surface area contributed by atoms with Crippen molar-refractivity contribution in [1.82, 2.24) is 0 Å². The van der Waals surface area contributed by atoms with Crippen molar-refractivity contribution in [3.63, 3.8) is 0 Å². The Hall–Kier alpha value is 0.428. The molecule has 2 fully saturated rings. The molecule has 0 aromatic carbocycles. The summed E-state index contributed by atoms with van der Waals surface area (Å²) in [5.41, 5.74) is 0. The average molecular weight is 497 g/mol. The van der Waals surface area contributed by atoms with E-state index in [-0.39, 0.29) is 0 Å². The van der Waals surface area contributed by atoms with Gasteiger partial charge in [0, 0.05) is 18.3 Å². The molecule has 0 amide bonds. The Balaban J connectivity index is 0.00000184. The van der Waals surface area contributed by atoms with E-state index in [1.54, 1.807) is 0 Å². The van der Waals surface area contributed by atoms with Gasteiger partial charge in [0.2, 0.25) is 0 Å². The fourth-order valence-corrected chi connectivity index (χ4v) is 22.3.